The summed E-state index contributed by atoms with van der Waals surface area (Å²) >= 11 is 10.7. The zero-order valence-electron chi connectivity index (χ0n) is 9.52. The van der Waals surface area contributed by atoms with Crippen LogP contribution in [0.2, 0.25) is 5.02 Å². The molecule has 2 aromatic heterocycles. The van der Waals surface area contributed by atoms with E-state index in [4.69, 9.17) is 16.3 Å². The molecule has 0 radical (unpaired) electrons. The molecular formula is C11H10BrClN2O2S. The van der Waals surface area contributed by atoms with Crippen molar-refractivity contribution in [3.05, 3.63) is 37.7 Å². The molecule has 0 aliphatic heterocycles. The van der Waals surface area contributed by atoms with E-state index in [-0.39, 0.29) is 5.78 Å². The molecule has 4 nitrogen and oxygen atoms in total. The number of halogens is 2. The second kappa shape index (κ2) is 5.97. The summed E-state index contributed by atoms with van der Waals surface area (Å²) in [5, 5.41) is 4.45. The highest BCUT2D eigenvalue weighted by Crippen LogP contribution is 2.26. The van der Waals surface area contributed by atoms with E-state index in [2.05, 4.69) is 21.0 Å². The van der Waals surface area contributed by atoms with Crippen LogP contribution in [0.5, 0.6) is 0 Å². The van der Waals surface area contributed by atoms with Crippen LogP contribution >= 0.6 is 38.9 Å². The molecule has 7 heteroatoms. The van der Waals surface area contributed by atoms with Crippen molar-refractivity contribution in [2.45, 2.75) is 6.54 Å². The van der Waals surface area contributed by atoms with Crippen LogP contribution in [0.3, 0.4) is 0 Å². The maximum Gasteiger partial charge on any atom is 0.222 e. The van der Waals surface area contributed by atoms with Gasteiger partial charge in [0, 0.05) is 7.11 Å². The van der Waals surface area contributed by atoms with Gasteiger partial charge in [0.2, 0.25) is 5.78 Å². The van der Waals surface area contributed by atoms with E-state index >= 15 is 0 Å². The molecule has 2 aromatic rings. The number of hydrogen-bond donors (Lipinski definition) is 0. The maximum atomic E-state index is 12.3. The van der Waals surface area contributed by atoms with E-state index in [1.165, 1.54) is 17.5 Å². The zero-order chi connectivity index (χ0) is 13.1. The first-order chi connectivity index (χ1) is 8.63. The smallest absolute Gasteiger partial charge is 0.222 e. The Balaban J connectivity index is 2.32. The van der Waals surface area contributed by atoms with Crippen molar-refractivity contribution in [3.63, 3.8) is 0 Å². The van der Waals surface area contributed by atoms with E-state index in [1.807, 2.05) is 6.07 Å². The van der Waals surface area contributed by atoms with E-state index < -0.39 is 0 Å². The van der Waals surface area contributed by atoms with Crippen LogP contribution in [0.15, 0.2) is 22.1 Å². The van der Waals surface area contributed by atoms with Crippen molar-refractivity contribution in [2.75, 3.05) is 13.7 Å². The predicted octanol–water partition coefficient (Wildman–Crippen LogP) is 3.24. The minimum Gasteiger partial charge on any atom is -0.383 e. The van der Waals surface area contributed by atoms with Crippen LogP contribution in [-0.2, 0) is 11.3 Å². The predicted molar refractivity (Wildman–Crippen MR) is 74.6 cm³/mol. The number of rotatable bonds is 5. The van der Waals surface area contributed by atoms with Gasteiger partial charge in [-0.3, -0.25) is 9.48 Å². The average Bonchev–Trinajstić information content (AvgIpc) is 2.92. The van der Waals surface area contributed by atoms with Crippen molar-refractivity contribution in [3.8, 4) is 0 Å². The van der Waals surface area contributed by atoms with Crippen molar-refractivity contribution < 1.29 is 9.53 Å². The maximum absolute atomic E-state index is 12.3. The second-order valence-corrected chi connectivity index (χ2v) is 6.36. The van der Waals surface area contributed by atoms with Gasteiger partial charge in [0.15, 0.2) is 0 Å². The number of hydrogen-bond acceptors (Lipinski definition) is 4. The first-order valence-corrected chi connectivity index (χ1v) is 7.12. The summed E-state index contributed by atoms with van der Waals surface area (Å²) < 4.78 is 7.46. The Hall–Kier alpha value is -0.690. The van der Waals surface area contributed by atoms with Crippen molar-refractivity contribution in [1.29, 1.82) is 0 Å². The number of thiophene rings is 1. The summed E-state index contributed by atoms with van der Waals surface area (Å²) in [5.41, 5.74) is 0.406. The molecule has 0 saturated heterocycles. The van der Waals surface area contributed by atoms with E-state index in [9.17, 15) is 4.79 Å². The molecule has 0 N–H and O–H groups in total. The van der Waals surface area contributed by atoms with Gasteiger partial charge in [-0.25, -0.2) is 0 Å². The Morgan fingerprint density at radius 2 is 2.39 bits per heavy atom. The van der Waals surface area contributed by atoms with Gasteiger partial charge in [-0.2, -0.15) is 5.10 Å². The lowest BCUT2D eigenvalue weighted by Crippen LogP contribution is -2.14. The molecule has 0 unspecified atom stereocenters. The number of nitrogens with zero attached hydrogens (tertiary/aromatic N) is 2. The van der Waals surface area contributed by atoms with Gasteiger partial charge in [0.25, 0.3) is 0 Å². The molecule has 0 spiro atoms. The lowest BCUT2D eigenvalue weighted by atomic mass is 10.2. The molecular weight excluding hydrogens is 340 g/mol. The molecule has 0 atom stereocenters. The molecule has 0 aromatic carbocycles. The van der Waals surface area contributed by atoms with Gasteiger partial charge >= 0.3 is 0 Å². The minimum atomic E-state index is -0.121. The first-order valence-electron chi connectivity index (χ1n) is 5.13. The standard InChI is InChI=1S/C11H10BrClN2O2S/c1-17-5-4-15-10(7(13)6-14-15)11(16)8-2-3-9(12)18-8/h2-3,6H,4-5H2,1H3. The van der Waals surface area contributed by atoms with Crippen molar-refractivity contribution >= 4 is 44.7 Å². The molecule has 0 amide bonds. The Kier molecular flexibility index (Phi) is 4.55. The minimum absolute atomic E-state index is 0.121. The molecule has 2 rings (SSSR count). The molecule has 2 heterocycles. The van der Waals surface area contributed by atoms with Gasteiger partial charge in [-0.05, 0) is 28.1 Å². The fourth-order valence-corrected chi connectivity index (χ4v) is 3.04. The lowest BCUT2D eigenvalue weighted by molar-refractivity contribution is 0.102. The van der Waals surface area contributed by atoms with Gasteiger partial charge in [0.05, 0.1) is 33.0 Å². The topological polar surface area (TPSA) is 44.1 Å². The summed E-state index contributed by atoms with van der Waals surface area (Å²) in [4.78, 5) is 13.0. The van der Waals surface area contributed by atoms with Crippen LogP contribution in [0, 0.1) is 0 Å². The number of methoxy groups -OCH3 is 1. The monoisotopic (exact) mass is 348 g/mol. The zero-order valence-corrected chi connectivity index (χ0v) is 12.7. The summed E-state index contributed by atoms with van der Waals surface area (Å²) in [7, 11) is 1.60. The third kappa shape index (κ3) is 2.83. The molecule has 0 aliphatic rings. The second-order valence-electron chi connectivity index (χ2n) is 3.49. The van der Waals surface area contributed by atoms with Crippen LogP contribution < -0.4 is 0 Å². The van der Waals surface area contributed by atoms with E-state index in [0.29, 0.717) is 28.7 Å². The number of carbonyl (C=O) groups is 1. The summed E-state index contributed by atoms with van der Waals surface area (Å²) in [6.07, 6.45) is 1.48. The first kappa shape index (κ1) is 13.7. The van der Waals surface area contributed by atoms with Gasteiger partial charge in [-0.15, -0.1) is 11.3 Å². The Labute approximate surface area is 122 Å². The Morgan fingerprint density at radius 3 is 3.00 bits per heavy atom. The summed E-state index contributed by atoms with van der Waals surface area (Å²) in [6, 6.07) is 3.60. The van der Waals surface area contributed by atoms with E-state index in [1.54, 1.807) is 17.9 Å². The van der Waals surface area contributed by atoms with Crippen LogP contribution in [0.1, 0.15) is 15.4 Å². The van der Waals surface area contributed by atoms with Crippen molar-refractivity contribution in [2.24, 2.45) is 0 Å². The Bertz CT molecular complexity index is 567. The third-order valence-corrected chi connectivity index (χ3v) is 4.21. The number of carbonyl (C=O) groups excluding carboxylic acids is 1. The largest absolute Gasteiger partial charge is 0.383 e. The molecule has 0 saturated carbocycles. The Morgan fingerprint density at radius 1 is 1.61 bits per heavy atom. The fraction of sp³-hybridized carbons (Fsp3) is 0.273. The third-order valence-electron chi connectivity index (χ3n) is 2.31. The molecule has 18 heavy (non-hydrogen) atoms. The SMILES string of the molecule is COCCn1ncc(Cl)c1C(=O)c1ccc(Br)s1. The van der Waals surface area contributed by atoms with Crippen LogP contribution in [0.25, 0.3) is 0 Å². The van der Waals surface area contributed by atoms with Gasteiger partial charge in [0.1, 0.15) is 5.69 Å². The summed E-state index contributed by atoms with van der Waals surface area (Å²) in [5.74, 6) is -0.121. The fourth-order valence-electron chi connectivity index (χ4n) is 1.49. The number of ketones is 1. The summed E-state index contributed by atoms with van der Waals surface area (Å²) in [6.45, 7) is 0.975. The highest BCUT2D eigenvalue weighted by molar-refractivity contribution is 9.11. The highest BCUT2D eigenvalue weighted by atomic mass is 79.9. The van der Waals surface area contributed by atoms with Crippen LogP contribution in [-0.4, -0.2) is 29.3 Å². The highest BCUT2D eigenvalue weighted by Gasteiger charge is 2.20. The quantitative estimate of drug-likeness (QED) is 0.778. The average molecular weight is 350 g/mol. The number of ether oxygens (including phenoxy) is 1. The van der Waals surface area contributed by atoms with Crippen molar-refractivity contribution in [1.82, 2.24) is 9.78 Å². The molecule has 0 bridgehead atoms. The van der Waals surface area contributed by atoms with Gasteiger partial charge < -0.3 is 4.74 Å². The molecule has 0 aliphatic carbocycles. The van der Waals surface area contributed by atoms with Gasteiger partial charge in [-0.1, -0.05) is 11.6 Å². The normalized spacial score (nSPS) is 10.8. The molecule has 0 fully saturated rings. The van der Waals surface area contributed by atoms with Crippen LogP contribution in [0.4, 0.5) is 0 Å². The number of aromatic nitrogens is 2. The van der Waals surface area contributed by atoms with E-state index in [0.717, 1.165) is 3.79 Å². The lowest BCUT2D eigenvalue weighted by Gasteiger charge is -2.05. The molecule has 96 valence electrons.